The molecule has 14 heavy (non-hydrogen) atoms. The van der Waals surface area contributed by atoms with Crippen molar-refractivity contribution in [2.75, 3.05) is 6.54 Å². The highest BCUT2D eigenvalue weighted by Gasteiger charge is 2.04. The summed E-state index contributed by atoms with van der Waals surface area (Å²) in [5, 5.41) is 10.6. The van der Waals surface area contributed by atoms with Crippen LogP contribution in [-0.2, 0) is 6.54 Å². The average Bonchev–Trinajstić information content (AvgIpc) is 2.42. The van der Waals surface area contributed by atoms with E-state index in [9.17, 15) is 0 Å². The molecule has 0 radical (unpaired) electrons. The molecule has 0 aliphatic heterocycles. The van der Waals surface area contributed by atoms with Crippen LogP contribution in [0.1, 0.15) is 37.2 Å². The number of aromatic nitrogens is 2. The molecule has 3 nitrogen and oxygen atoms in total. The van der Waals surface area contributed by atoms with Crippen LogP contribution in [-0.4, -0.2) is 16.7 Å². The van der Waals surface area contributed by atoms with Crippen LogP contribution < -0.4 is 5.32 Å². The molecule has 0 aliphatic carbocycles. The van der Waals surface area contributed by atoms with Gasteiger partial charge in [0.15, 0.2) is 0 Å². The Morgan fingerprint density at radius 2 is 2.07 bits per heavy atom. The van der Waals surface area contributed by atoms with Crippen LogP contribution >= 0.6 is 0 Å². The molecule has 0 spiro atoms. The number of hydrogen-bond acceptors (Lipinski definition) is 2. The Morgan fingerprint density at radius 3 is 2.57 bits per heavy atom. The van der Waals surface area contributed by atoms with Gasteiger partial charge in [0, 0.05) is 17.8 Å². The molecule has 0 bridgehead atoms. The van der Waals surface area contributed by atoms with Gasteiger partial charge in [-0.2, -0.15) is 5.10 Å². The largest absolute Gasteiger partial charge is 0.313 e. The third-order valence-corrected chi connectivity index (χ3v) is 2.48. The number of aryl methyl sites for hydroxylation is 2. The lowest BCUT2D eigenvalue weighted by Crippen LogP contribution is -2.17. The minimum absolute atomic E-state index is 0.772. The van der Waals surface area contributed by atoms with Crippen molar-refractivity contribution in [1.29, 1.82) is 0 Å². The Bertz CT molecular complexity index is 257. The average molecular weight is 195 g/mol. The summed E-state index contributed by atoms with van der Waals surface area (Å²) in [6, 6.07) is 0. The second-order valence-electron chi connectivity index (χ2n) is 4.27. The van der Waals surface area contributed by atoms with Crippen molar-refractivity contribution in [3.63, 3.8) is 0 Å². The normalized spacial score (nSPS) is 11.2. The van der Waals surface area contributed by atoms with E-state index in [1.165, 1.54) is 17.7 Å². The van der Waals surface area contributed by atoms with Gasteiger partial charge in [0.1, 0.15) is 0 Å². The van der Waals surface area contributed by atoms with E-state index in [4.69, 9.17) is 0 Å². The molecule has 0 saturated heterocycles. The van der Waals surface area contributed by atoms with Gasteiger partial charge >= 0.3 is 0 Å². The number of aromatic amines is 1. The van der Waals surface area contributed by atoms with Crippen molar-refractivity contribution in [3.8, 4) is 0 Å². The van der Waals surface area contributed by atoms with Crippen molar-refractivity contribution < 1.29 is 0 Å². The first-order valence-corrected chi connectivity index (χ1v) is 5.32. The van der Waals surface area contributed by atoms with Crippen LogP contribution in [0.25, 0.3) is 0 Å². The third-order valence-electron chi connectivity index (χ3n) is 2.48. The van der Waals surface area contributed by atoms with Gasteiger partial charge in [-0.1, -0.05) is 13.8 Å². The number of rotatable bonds is 5. The van der Waals surface area contributed by atoms with Gasteiger partial charge in [-0.3, -0.25) is 5.10 Å². The lowest BCUT2D eigenvalue weighted by Gasteiger charge is -2.06. The van der Waals surface area contributed by atoms with Gasteiger partial charge in [0.25, 0.3) is 0 Å². The van der Waals surface area contributed by atoms with E-state index in [0.29, 0.717) is 0 Å². The predicted molar refractivity (Wildman–Crippen MR) is 59.2 cm³/mol. The minimum Gasteiger partial charge on any atom is -0.313 e. The summed E-state index contributed by atoms with van der Waals surface area (Å²) in [6.45, 7) is 10.6. The Labute approximate surface area is 86.3 Å². The van der Waals surface area contributed by atoms with Crippen LogP contribution in [0.2, 0.25) is 0 Å². The van der Waals surface area contributed by atoms with Crippen LogP contribution in [0.15, 0.2) is 0 Å². The Morgan fingerprint density at radius 1 is 1.36 bits per heavy atom. The summed E-state index contributed by atoms with van der Waals surface area (Å²) in [5.41, 5.74) is 3.60. The van der Waals surface area contributed by atoms with Crippen LogP contribution in [0, 0.1) is 19.8 Å². The van der Waals surface area contributed by atoms with Crippen LogP contribution in [0.5, 0.6) is 0 Å². The lowest BCUT2D eigenvalue weighted by molar-refractivity contribution is 0.536. The highest BCUT2D eigenvalue weighted by atomic mass is 15.1. The summed E-state index contributed by atoms with van der Waals surface area (Å²) in [5.74, 6) is 0.772. The summed E-state index contributed by atoms with van der Waals surface area (Å²) >= 11 is 0. The molecule has 2 N–H and O–H groups in total. The van der Waals surface area contributed by atoms with Gasteiger partial charge in [-0.25, -0.2) is 0 Å². The maximum absolute atomic E-state index is 4.17. The minimum atomic E-state index is 0.772. The second-order valence-corrected chi connectivity index (χ2v) is 4.27. The second kappa shape index (κ2) is 5.15. The summed E-state index contributed by atoms with van der Waals surface area (Å²) in [4.78, 5) is 0. The standard InChI is InChI=1S/C11H21N3/c1-8(2)5-6-12-7-11-9(3)13-14-10(11)4/h8,12H,5-7H2,1-4H3,(H,13,14). The number of nitrogens with zero attached hydrogens (tertiary/aromatic N) is 1. The fraction of sp³-hybridized carbons (Fsp3) is 0.727. The van der Waals surface area contributed by atoms with Gasteiger partial charge in [-0.05, 0) is 32.7 Å². The zero-order chi connectivity index (χ0) is 10.6. The van der Waals surface area contributed by atoms with Gasteiger partial charge in [0.2, 0.25) is 0 Å². The summed E-state index contributed by atoms with van der Waals surface area (Å²) < 4.78 is 0. The summed E-state index contributed by atoms with van der Waals surface area (Å²) in [7, 11) is 0. The fourth-order valence-electron chi connectivity index (χ4n) is 1.44. The maximum atomic E-state index is 4.17. The molecule has 0 unspecified atom stereocenters. The first-order chi connectivity index (χ1) is 6.61. The SMILES string of the molecule is Cc1n[nH]c(C)c1CNCCC(C)C. The van der Waals surface area contributed by atoms with E-state index in [1.54, 1.807) is 0 Å². The maximum Gasteiger partial charge on any atom is 0.0638 e. The van der Waals surface area contributed by atoms with E-state index in [-0.39, 0.29) is 0 Å². The molecule has 1 aromatic heterocycles. The molecule has 0 aromatic carbocycles. The summed E-state index contributed by atoms with van der Waals surface area (Å²) in [6.07, 6.45) is 1.23. The first kappa shape index (κ1) is 11.2. The quantitative estimate of drug-likeness (QED) is 0.707. The van der Waals surface area contributed by atoms with Gasteiger partial charge in [0.05, 0.1) is 5.69 Å². The highest BCUT2D eigenvalue weighted by Crippen LogP contribution is 2.08. The number of H-pyrrole nitrogens is 1. The topological polar surface area (TPSA) is 40.7 Å². The zero-order valence-corrected chi connectivity index (χ0v) is 9.65. The molecular formula is C11H21N3. The van der Waals surface area contributed by atoms with Crippen molar-refractivity contribution in [2.24, 2.45) is 5.92 Å². The van der Waals surface area contributed by atoms with Crippen molar-refractivity contribution in [2.45, 2.75) is 40.7 Å². The molecule has 0 aliphatic rings. The monoisotopic (exact) mass is 195 g/mol. The van der Waals surface area contributed by atoms with Crippen molar-refractivity contribution in [3.05, 3.63) is 17.0 Å². The molecule has 0 saturated carbocycles. The smallest absolute Gasteiger partial charge is 0.0638 e. The molecule has 80 valence electrons. The number of hydrogen-bond donors (Lipinski definition) is 2. The van der Waals surface area contributed by atoms with Crippen LogP contribution in [0.4, 0.5) is 0 Å². The molecular weight excluding hydrogens is 174 g/mol. The fourth-order valence-corrected chi connectivity index (χ4v) is 1.44. The first-order valence-electron chi connectivity index (χ1n) is 5.32. The molecule has 3 heteroatoms. The Hall–Kier alpha value is -0.830. The van der Waals surface area contributed by atoms with Crippen molar-refractivity contribution >= 4 is 0 Å². The lowest BCUT2D eigenvalue weighted by atomic mass is 10.1. The molecule has 1 aromatic rings. The van der Waals surface area contributed by atoms with E-state index < -0.39 is 0 Å². The van der Waals surface area contributed by atoms with Crippen LogP contribution in [0.3, 0.4) is 0 Å². The molecule has 0 fully saturated rings. The molecule has 1 rings (SSSR count). The van der Waals surface area contributed by atoms with E-state index >= 15 is 0 Å². The van der Waals surface area contributed by atoms with E-state index in [0.717, 1.165) is 24.7 Å². The molecule has 0 amide bonds. The highest BCUT2D eigenvalue weighted by molar-refractivity contribution is 5.22. The third kappa shape index (κ3) is 3.14. The van der Waals surface area contributed by atoms with Gasteiger partial charge < -0.3 is 5.32 Å². The Balaban J connectivity index is 2.31. The van der Waals surface area contributed by atoms with E-state index in [1.807, 2.05) is 6.92 Å². The van der Waals surface area contributed by atoms with Crippen molar-refractivity contribution in [1.82, 2.24) is 15.5 Å². The van der Waals surface area contributed by atoms with E-state index in [2.05, 4.69) is 36.3 Å². The molecule has 1 heterocycles. The Kier molecular flexibility index (Phi) is 4.14. The predicted octanol–water partition coefficient (Wildman–Crippen LogP) is 2.16. The zero-order valence-electron chi connectivity index (χ0n) is 9.65. The van der Waals surface area contributed by atoms with Gasteiger partial charge in [-0.15, -0.1) is 0 Å². The number of nitrogens with one attached hydrogen (secondary N) is 2. The molecule has 0 atom stereocenters.